The number of rotatable bonds is 5. The van der Waals surface area contributed by atoms with Gasteiger partial charge in [-0.05, 0) is 48.7 Å². The van der Waals surface area contributed by atoms with Crippen LogP contribution in [0.5, 0.6) is 0 Å². The number of hydrogen-bond donors (Lipinski definition) is 2. The number of aromatic nitrogens is 2. The van der Waals surface area contributed by atoms with Gasteiger partial charge in [0.25, 0.3) is 5.56 Å². The van der Waals surface area contributed by atoms with Crippen molar-refractivity contribution in [1.29, 1.82) is 0 Å². The van der Waals surface area contributed by atoms with Crippen molar-refractivity contribution < 1.29 is 22.4 Å². The second-order valence-corrected chi connectivity index (χ2v) is 10.7. The molecule has 2 aromatic carbocycles. The Morgan fingerprint density at radius 1 is 1.24 bits per heavy atom. The smallest absolute Gasteiger partial charge is 0.370 e. The zero-order valence-corrected chi connectivity index (χ0v) is 21.9. The minimum Gasteiger partial charge on any atom is -0.370 e. The van der Waals surface area contributed by atoms with E-state index in [0.29, 0.717) is 12.1 Å². The Bertz CT molecular complexity index is 1420. The van der Waals surface area contributed by atoms with E-state index in [0.717, 1.165) is 42.9 Å². The van der Waals surface area contributed by atoms with Crippen LogP contribution < -0.4 is 21.1 Å². The highest BCUT2D eigenvalue weighted by molar-refractivity contribution is 6.31. The molecule has 204 valence electrons. The third kappa shape index (κ3) is 6.10. The number of nitrogens with one attached hydrogen (secondary N) is 2. The standard InChI is InChI=1S/C26H28ClF4N5O2/c1-15(26(29,30)31)33-22(37)12-36-23(16-4-6-20(28)19(27)10-16)34-21-7-5-17(11-18(21)24(36)38)35-9-8-32-13-25(2,3)14-35/h4-7,10-11,15,32H,8-9,12-14H2,1-3H3,(H,33,37). The second-order valence-electron chi connectivity index (χ2n) is 10.3. The van der Waals surface area contributed by atoms with Crippen molar-refractivity contribution in [3.05, 3.63) is 57.6 Å². The van der Waals surface area contributed by atoms with E-state index in [1.165, 1.54) is 12.1 Å². The number of alkyl halides is 3. The number of fused-ring (bicyclic) bond motifs is 1. The summed E-state index contributed by atoms with van der Waals surface area (Å²) in [5.74, 6) is -1.74. The van der Waals surface area contributed by atoms with Gasteiger partial charge in [-0.15, -0.1) is 0 Å². The van der Waals surface area contributed by atoms with Crippen LogP contribution in [0.25, 0.3) is 22.3 Å². The Kier molecular flexibility index (Phi) is 7.72. The van der Waals surface area contributed by atoms with E-state index in [1.807, 2.05) is 11.4 Å². The van der Waals surface area contributed by atoms with Crippen LogP contribution in [-0.4, -0.2) is 53.9 Å². The highest BCUT2D eigenvalue weighted by atomic mass is 35.5. The van der Waals surface area contributed by atoms with Gasteiger partial charge in [-0.2, -0.15) is 13.2 Å². The maximum absolute atomic E-state index is 13.8. The monoisotopic (exact) mass is 553 g/mol. The summed E-state index contributed by atoms with van der Waals surface area (Å²) in [4.78, 5) is 33.0. The second kappa shape index (κ2) is 10.5. The third-order valence-electron chi connectivity index (χ3n) is 6.43. The van der Waals surface area contributed by atoms with Gasteiger partial charge < -0.3 is 15.5 Å². The molecule has 0 radical (unpaired) electrons. The van der Waals surface area contributed by atoms with E-state index >= 15 is 0 Å². The lowest BCUT2D eigenvalue weighted by atomic mass is 9.93. The van der Waals surface area contributed by atoms with Crippen LogP contribution in [0.4, 0.5) is 23.2 Å². The molecule has 1 saturated heterocycles. The number of nitrogens with zero attached hydrogens (tertiary/aromatic N) is 3. The average Bonchev–Trinajstić information content (AvgIpc) is 3.02. The maximum Gasteiger partial charge on any atom is 0.408 e. The molecule has 2 heterocycles. The van der Waals surface area contributed by atoms with Crippen molar-refractivity contribution in [3.63, 3.8) is 0 Å². The van der Waals surface area contributed by atoms with E-state index in [4.69, 9.17) is 11.6 Å². The maximum atomic E-state index is 13.8. The SMILES string of the molecule is CC(NC(=O)Cn1c(-c2ccc(F)c(Cl)c2)nc2ccc(N3CCNCC(C)(C)C3)cc2c1=O)C(F)(F)F. The van der Waals surface area contributed by atoms with Gasteiger partial charge in [0.2, 0.25) is 5.91 Å². The summed E-state index contributed by atoms with van der Waals surface area (Å²) in [6.07, 6.45) is -4.65. The van der Waals surface area contributed by atoms with Gasteiger partial charge in [-0.25, -0.2) is 9.37 Å². The van der Waals surface area contributed by atoms with Gasteiger partial charge in [0.15, 0.2) is 0 Å². The van der Waals surface area contributed by atoms with Crippen LogP contribution in [0.1, 0.15) is 20.8 Å². The lowest BCUT2D eigenvalue weighted by Crippen LogP contribution is -2.45. The number of halogens is 5. The summed E-state index contributed by atoms with van der Waals surface area (Å²) in [7, 11) is 0. The zero-order valence-electron chi connectivity index (χ0n) is 21.1. The minimum absolute atomic E-state index is 0.0212. The summed E-state index contributed by atoms with van der Waals surface area (Å²) in [6.45, 7) is 7.38. The fourth-order valence-corrected chi connectivity index (χ4v) is 4.61. The topological polar surface area (TPSA) is 79.3 Å². The van der Waals surface area contributed by atoms with E-state index in [1.54, 1.807) is 12.1 Å². The molecular formula is C26H28ClF4N5O2. The van der Waals surface area contributed by atoms with Gasteiger partial charge in [0.1, 0.15) is 24.2 Å². The number of amides is 1. The Morgan fingerprint density at radius 3 is 2.66 bits per heavy atom. The molecule has 1 aliphatic heterocycles. The van der Waals surface area contributed by atoms with E-state index in [2.05, 4.69) is 29.0 Å². The van der Waals surface area contributed by atoms with Crippen LogP contribution >= 0.6 is 11.6 Å². The van der Waals surface area contributed by atoms with Crippen LogP contribution in [0.3, 0.4) is 0 Å². The third-order valence-corrected chi connectivity index (χ3v) is 6.72. The molecule has 0 spiro atoms. The first kappa shape index (κ1) is 27.8. The molecule has 0 saturated carbocycles. The molecule has 1 atom stereocenters. The van der Waals surface area contributed by atoms with Gasteiger partial charge in [0.05, 0.1) is 15.9 Å². The molecule has 38 heavy (non-hydrogen) atoms. The van der Waals surface area contributed by atoms with Crippen molar-refractivity contribution in [2.75, 3.05) is 31.1 Å². The molecular weight excluding hydrogens is 526 g/mol. The molecule has 4 rings (SSSR count). The molecule has 1 amide bonds. The molecule has 3 aromatic rings. The first-order valence-electron chi connectivity index (χ1n) is 12.1. The van der Waals surface area contributed by atoms with Crippen LogP contribution in [0, 0.1) is 11.2 Å². The summed E-state index contributed by atoms with van der Waals surface area (Å²) >= 11 is 5.94. The number of benzene rings is 2. The van der Waals surface area contributed by atoms with Crippen molar-refractivity contribution in [2.24, 2.45) is 5.41 Å². The van der Waals surface area contributed by atoms with Crippen LogP contribution in [-0.2, 0) is 11.3 Å². The van der Waals surface area contributed by atoms with Crippen molar-refractivity contribution in [2.45, 2.75) is 39.5 Å². The van der Waals surface area contributed by atoms with Crippen LogP contribution in [0.2, 0.25) is 5.02 Å². The first-order valence-corrected chi connectivity index (χ1v) is 12.4. The highest BCUT2D eigenvalue weighted by Crippen LogP contribution is 2.28. The molecule has 1 fully saturated rings. The fraction of sp³-hybridized carbons (Fsp3) is 0.423. The van der Waals surface area contributed by atoms with Gasteiger partial charge in [-0.3, -0.25) is 14.2 Å². The van der Waals surface area contributed by atoms with E-state index < -0.39 is 36.0 Å². The summed E-state index contributed by atoms with van der Waals surface area (Å²) in [6, 6.07) is 6.76. The van der Waals surface area contributed by atoms with Gasteiger partial charge >= 0.3 is 6.18 Å². The van der Waals surface area contributed by atoms with Gasteiger partial charge in [-0.1, -0.05) is 25.4 Å². The summed E-state index contributed by atoms with van der Waals surface area (Å²) in [5, 5.41) is 5.23. The number of anilines is 1. The Balaban J connectivity index is 1.82. The summed E-state index contributed by atoms with van der Waals surface area (Å²) in [5.41, 5.74) is 0.697. The number of carbonyl (C=O) groups excluding carboxylic acids is 1. The lowest BCUT2D eigenvalue weighted by Gasteiger charge is -2.30. The molecule has 1 aromatic heterocycles. The molecule has 1 unspecified atom stereocenters. The van der Waals surface area contributed by atoms with Crippen molar-refractivity contribution in [3.8, 4) is 11.4 Å². The predicted molar refractivity (Wildman–Crippen MR) is 139 cm³/mol. The average molecular weight is 554 g/mol. The summed E-state index contributed by atoms with van der Waals surface area (Å²) < 4.78 is 53.8. The Morgan fingerprint density at radius 2 is 1.97 bits per heavy atom. The molecule has 12 heteroatoms. The predicted octanol–water partition coefficient (Wildman–Crippen LogP) is 4.36. The van der Waals surface area contributed by atoms with Crippen LogP contribution in [0.15, 0.2) is 41.2 Å². The minimum atomic E-state index is -4.65. The quantitative estimate of drug-likeness (QED) is 0.459. The number of carbonyl (C=O) groups is 1. The largest absolute Gasteiger partial charge is 0.408 e. The molecule has 0 aliphatic carbocycles. The first-order chi connectivity index (χ1) is 17.7. The normalized spacial score (nSPS) is 16.8. The van der Waals surface area contributed by atoms with E-state index in [9.17, 15) is 27.2 Å². The van der Waals surface area contributed by atoms with Crippen molar-refractivity contribution >= 4 is 34.1 Å². The number of hydrogen-bond acceptors (Lipinski definition) is 5. The molecule has 1 aliphatic rings. The molecule has 0 bridgehead atoms. The highest BCUT2D eigenvalue weighted by Gasteiger charge is 2.37. The lowest BCUT2D eigenvalue weighted by molar-refractivity contribution is -0.158. The Hall–Kier alpha value is -3.18. The fourth-order valence-electron chi connectivity index (χ4n) is 4.43. The van der Waals surface area contributed by atoms with E-state index in [-0.39, 0.29) is 27.2 Å². The molecule has 2 N–H and O–H groups in total. The Labute approximate surface area is 221 Å². The van der Waals surface area contributed by atoms with Crippen molar-refractivity contribution in [1.82, 2.24) is 20.2 Å². The van der Waals surface area contributed by atoms with Gasteiger partial charge in [0, 0.05) is 37.4 Å². The zero-order chi connectivity index (χ0) is 27.8. The molecule has 7 nitrogen and oxygen atoms in total.